The van der Waals surface area contributed by atoms with Crippen LogP contribution in [0.1, 0.15) is 25.2 Å². The topological polar surface area (TPSA) is 56.1 Å². The van der Waals surface area contributed by atoms with Gasteiger partial charge in [0.2, 0.25) is 5.91 Å². The minimum atomic E-state index is -2.69. The van der Waals surface area contributed by atoms with Crippen LogP contribution in [-0.2, 0) is 11.3 Å². The summed E-state index contributed by atoms with van der Waals surface area (Å²) in [6, 6.07) is 5.71. The van der Waals surface area contributed by atoms with Crippen molar-refractivity contribution in [2.24, 2.45) is 0 Å². The lowest BCUT2D eigenvalue weighted by Gasteiger charge is -2.08. The fourth-order valence-electron chi connectivity index (χ4n) is 1.90. The number of carbonyl (C=O) groups is 1. The molecule has 0 bridgehead atoms. The molecule has 2 rings (SSSR count). The summed E-state index contributed by atoms with van der Waals surface area (Å²) in [6.45, 7) is -2.51. The molecule has 0 saturated carbocycles. The molecule has 1 amide bonds. The highest BCUT2D eigenvalue weighted by Gasteiger charge is 2.12. The maximum Gasteiger partial charge on any atom is 0.319 e. The number of rotatable bonds is 8. The molecule has 2 aromatic rings. The van der Waals surface area contributed by atoms with Gasteiger partial charge in [0, 0.05) is 24.9 Å². The SMILES string of the molecule is O=C(CCCOc1cccc(F)c1)NCc1nccn1C(F)F. The largest absolute Gasteiger partial charge is 0.493 e. The smallest absolute Gasteiger partial charge is 0.319 e. The fourth-order valence-corrected chi connectivity index (χ4v) is 1.90. The van der Waals surface area contributed by atoms with Gasteiger partial charge in [-0.3, -0.25) is 9.36 Å². The lowest BCUT2D eigenvalue weighted by atomic mass is 10.3. The van der Waals surface area contributed by atoms with Crippen LogP contribution in [-0.4, -0.2) is 22.1 Å². The van der Waals surface area contributed by atoms with Gasteiger partial charge in [-0.2, -0.15) is 8.78 Å². The fraction of sp³-hybridized carbons (Fsp3) is 0.333. The number of aromatic nitrogens is 2. The lowest BCUT2D eigenvalue weighted by molar-refractivity contribution is -0.121. The number of amides is 1. The maximum absolute atomic E-state index is 12.9. The Morgan fingerprint density at radius 2 is 2.22 bits per heavy atom. The molecule has 23 heavy (non-hydrogen) atoms. The molecule has 1 aromatic heterocycles. The summed E-state index contributed by atoms with van der Waals surface area (Å²) >= 11 is 0. The Bertz CT molecular complexity index is 646. The first-order valence-electron chi connectivity index (χ1n) is 7.01. The first-order chi connectivity index (χ1) is 11.1. The number of carbonyl (C=O) groups excluding carboxylic acids is 1. The van der Waals surface area contributed by atoms with Crippen LogP contribution < -0.4 is 10.1 Å². The molecule has 0 unspecified atom stereocenters. The minimum Gasteiger partial charge on any atom is -0.493 e. The molecule has 8 heteroatoms. The van der Waals surface area contributed by atoms with Crippen LogP contribution >= 0.6 is 0 Å². The second-order valence-electron chi connectivity index (χ2n) is 4.71. The van der Waals surface area contributed by atoms with E-state index in [4.69, 9.17) is 4.74 Å². The molecule has 0 atom stereocenters. The zero-order chi connectivity index (χ0) is 16.7. The number of nitrogens with one attached hydrogen (secondary N) is 1. The molecular formula is C15H16F3N3O2. The van der Waals surface area contributed by atoms with Crippen LogP contribution in [0.5, 0.6) is 5.75 Å². The Morgan fingerprint density at radius 1 is 1.39 bits per heavy atom. The quantitative estimate of drug-likeness (QED) is 0.759. The summed E-state index contributed by atoms with van der Waals surface area (Å²) in [5.74, 6) is -0.208. The molecular weight excluding hydrogens is 311 g/mol. The molecule has 0 aliphatic rings. The molecule has 0 saturated heterocycles. The number of nitrogens with zero attached hydrogens (tertiary/aromatic N) is 2. The summed E-state index contributed by atoms with van der Waals surface area (Å²) in [5.41, 5.74) is 0. The first-order valence-corrected chi connectivity index (χ1v) is 7.01. The third-order valence-electron chi connectivity index (χ3n) is 3.02. The number of alkyl halides is 2. The van der Waals surface area contributed by atoms with E-state index in [1.807, 2.05) is 0 Å². The molecule has 1 aromatic carbocycles. The number of imidazole rings is 1. The standard InChI is InChI=1S/C15H16F3N3O2/c16-11-3-1-4-12(9-11)23-8-2-5-14(22)20-10-13-19-6-7-21(13)15(17)18/h1,3-4,6-7,9,15H,2,5,8,10H2,(H,20,22). The van der Waals surface area contributed by atoms with Crippen molar-refractivity contribution in [3.63, 3.8) is 0 Å². The predicted molar refractivity (Wildman–Crippen MR) is 76.5 cm³/mol. The molecule has 1 N–H and O–H groups in total. The van der Waals surface area contributed by atoms with Gasteiger partial charge in [-0.05, 0) is 18.6 Å². The van der Waals surface area contributed by atoms with Gasteiger partial charge in [0.25, 0.3) is 0 Å². The zero-order valence-corrected chi connectivity index (χ0v) is 12.2. The Labute approximate surface area is 131 Å². The van der Waals surface area contributed by atoms with Gasteiger partial charge in [0.15, 0.2) is 0 Å². The minimum absolute atomic E-state index is 0.0685. The van der Waals surface area contributed by atoms with Gasteiger partial charge in [-0.25, -0.2) is 9.37 Å². The van der Waals surface area contributed by atoms with Gasteiger partial charge in [0.05, 0.1) is 13.2 Å². The van der Waals surface area contributed by atoms with Crippen LogP contribution in [0.2, 0.25) is 0 Å². The Balaban J connectivity index is 1.66. The van der Waals surface area contributed by atoms with Crippen molar-refractivity contribution in [1.82, 2.24) is 14.9 Å². The average Bonchev–Trinajstić information content (AvgIpc) is 2.98. The highest BCUT2D eigenvalue weighted by Crippen LogP contribution is 2.13. The van der Waals surface area contributed by atoms with E-state index in [2.05, 4.69) is 10.3 Å². The second kappa shape index (κ2) is 8.21. The van der Waals surface area contributed by atoms with Crippen molar-refractivity contribution in [1.29, 1.82) is 0 Å². The lowest BCUT2D eigenvalue weighted by Crippen LogP contribution is -2.25. The van der Waals surface area contributed by atoms with Crippen molar-refractivity contribution in [3.05, 3.63) is 48.3 Å². The van der Waals surface area contributed by atoms with Crippen molar-refractivity contribution in [2.75, 3.05) is 6.61 Å². The maximum atomic E-state index is 12.9. The van der Waals surface area contributed by atoms with Crippen molar-refractivity contribution in [2.45, 2.75) is 25.9 Å². The van der Waals surface area contributed by atoms with E-state index < -0.39 is 12.4 Å². The molecule has 0 spiro atoms. The van der Waals surface area contributed by atoms with Gasteiger partial charge in [0.1, 0.15) is 17.4 Å². The van der Waals surface area contributed by atoms with Crippen molar-refractivity contribution in [3.8, 4) is 5.75 Å². The molecule has 124 valence electrons. The monoisotopic (exact) mass is 327 g/mol. The van der Waals surface area contributed by atoms with E-state index in [0.717, 1.165) is 6.20 Å². The molecule has 0 radical (unpaired) electrons. The van der Waals surface area contributed by atoms with Crippen LogP contribution in [0, 0.1) is 5.82 Å². The Kier molecular flexibility index (Phi) is 6.02. The van der Waals surface area contributed by atoms with Crippen LogP contribution in [0.4, 0.5) is 13.2 Å². The van der Waals surface area contributed by atoms with Crippen molar-refractivity contribution < 1.29 is 22.7 Å². The third kappa shape index (κ3) is 5.32. The zero-order valence-electron chi connectivity index (χ0n) is 12.2. The van der Waals surface area contributed by atoms with Gasteiger partial charge in [-0.15, -0.1) is 0 Å². The predicted octanol–water partition coefficient (Wildman–Crippen LogP) is 2.89. The average molecular weight is 327 g/mol. The van der Waals surface area contributed by atoms with E-state index in [-0.39, 0.29) is 31.3 Å². The summed E-state index contributed by atoms with van der Waals surface area (Å²) < 4.78 is 44.1. The van der Waals surface area contributed by atoms with E-state index in [9.17, 15) is 18.0 Å². The summed E-state index contributed by atoms with van der Waals surface area (Å²) in [7, 11) is 0. The molecule has 5 nitrogen and oxygen atoms in total. The highest BCUT2D eigenvalue weighted by molar-refractivity contribution is 5.75. The van der Waals surface area contributed by atoms with E-state index >= 15 is 0 Å². The normalized spacial score (nSPS) is 10.8. The van der Waals surface area contributed by atoms with E-state index in [0.29, 0.717) is 16.7 Å². The number of hydrogen-bond donors (Lipinski definition) is 1. The van der Waals surface area contributed by atoms with Crippen LogP contribution in [0.15, 0.2) is 36.7 Å². The van der Waals surface area contributed by atoms with Gasteiger partial charge < -0.3 is 10.1 Å². The summed E-state index contributed by atoms with van der Waals surface area (Å²) in [4.78, 5) is 15.4. The second-order valence-corrected chi connectivity index (χ2v) is 4.71. The number of hydrogen-bond acceptors (Lipinski definition) is 3. The summed E-state index contributed by atoms with van der Waals surface area (Å²) in [6.07, 6.45) is 3.00. The van der Waals surface area contributed by atoms with Gasteiger partial charge in [-0.1, -0.05) is 6.07 Å². The highest BCUT2D eigenvalue weighted by atomic mass is 19.3. The number of benzene rings is 1. The Hall–Kier alpha value is -2.51. The van der Waals surface area contributed by atoms with E-state index in [1.165, 1.54) is 24.4 Å². The van der Waals surface area contributed by atoms with Gasteiger partial charge >= 0.3 is 6.55 Å². The third-order valence-corrected chi connectivity index (χ3v) is 3.02. The van der Waals surface area contributed by atoms with Crippen molar-refractivity contribution >= 4 is 5.91 Å². The number of halogens is 3. The van der Waals surface area contributed by atoms with Crippen LogP contribution in [0.25, 0.3) is 0 Å². The Morgan fingerprint density at radius 3 is 2.96 bits per heavy atom. The number of ether oxygens (including phenoxy) is 1. The first kappa shape index (κ1) is 16.9. The van der Waals surface area contributed by atoms with Crippen LogP contribution in [0.3, 0.4) is 0 Å². The summed E-state index contributed by atoms with van der Waals surface area (Å²) in [5, 5.41) is 2.52. The molecule has 0 fully saturated rings. The molecule has 0 aliphatic carbocycles. The molecule has 1 heterocycles. The van der Waals surface area contributed by atoms with E-state index in [1.54, 1.807) is 6.07 Å². The molecule has 0 aliphatic heterocycles.